The molecule has 1 saturated heterocycles. The number of carbonyl (C=O) groups excluding carboxylic acids is 1. The minimum Gasteiger partial charge on any atom is -0.465 e. The molecule has 1 fully saturated rings. The maximum Gasteiger partial charge on any atom is 0.410 e. The van der Waals surface area contributed by atoms with Gasteiger partial charge in [0, 0.05) is 51.1 Å². The Labute approximate surface area is 203 Å². The number of hydrogen-bond donors (Lipinski definition) is 4. The van der Waals surface area contributed by atoms with Crippen LogP contribution in [0.2, 0.25) is 0 Å². The second-order valence-electron chi connectivity index (χ2n) is 8.47. The standard InChI is InChI=1S/C24H33N7O4/c1-2-3-8-19-28-20-21(17-6-4-5-7-18(17)27-22(20)29-24(33)34)31(19)14-16-35-15-11-26-23(32)30-12-9-25-10-13-30/h4-7,25H,2-3,8-16H2,1H3,(H,26,32)(H,27,29)(H,33,34). The van der Waals surface area contributed by atoms with Crippen LogP contribution in [-0.4, -0.2) is 82.6 Å². The lowest BCUT2D eigenvalue weighted by atomic mass is 10.2. The van der Waals surface area contributed by atoms with Crippen LogP contribution in [0, 0.1) is 0 Å². The third-order valence-electron chi connectivity index (χ3n) is 6.03. The summed E-state index contributed by atoms with van der Waals surface area (Å²) in [7, 11) is 0. The number of aromatic nitrogens is 3. The highest BCUT2D eigenvalue weighted by molar-refractivity contribution is 6.08. The smallest absolute Gasteiger partial charge is 0.410 e. The van der Waals surface area contributed by atoms with E-state index in [1.54, 1.807) is 4.90 Å². The van der Waals surface area contributed by atoms with E-state index in [1.165, 1.54) is 0 Å². The number of imidazole rings is 1. The summed E-state index contributed by atoms with van der Waals surface area (Å²) in [6, 6.07) is 7.60. The van der Waals surface area contributed by atoms with Gasteiger partial charge in [0.2, 0.25) is 0 Å². The monoisotopic (exact) mass is 483 g/mol. The number of rotatable bonds is 10. The molecular formula is C24H33N7O4. The van der Waals surface area contributed by atoms with E-state index in [0.29, 0.717) is 50.4 Å². The van der Waals surface area contributed by atoms with Gasteiger partial charge in [0.1, 0.15) is 11.3 Å². The van der Waals surface area contributed by atoms with Crippen LogP contribution in [0.15, 0.2) is 24.3 Å². The number of unbranched alkanes of at least 4 members (excludes halogenated alkanes) is 1. The topological polar surface area (TPSA) is 134 Å². The molecule has 3 amide bonds. The Bertz CT molecular complexity index is 1170. The lowest BCUT2D eigenvalue weighted by Gasteiger charge is -2.27. The van der Waals surface area contributed by atoms with Crippen molar-refractivity contribution in [2.75, 3.05) is 51.3 Å². The van der Waals surface area contributed by atoms with Gasteiger partial charge in [0.05, 0.1) is 24.2 Å². The van der Waals surface area contributed by atoms with E-state index in [0.717, 1.165) is 49.1 Å². The lowest BCUT2D eigenvalue weighted by Crippen LogP contribution is -2.50. The first-order chi connectivity index (χ1) is 17.1. The normalized spacial score (nSPS) is 13.9. The van der Waals surface area contributed by atoms with Crippen LogP contribution in [0.5, 0.6) is 0 Å². The van der Waals surface area contributed by atoms with E-state index in [9.17, 15) is 14.7 Å². The molecule has 1 aliphatic heterocycles. The van der Waals surface area contributed by atoms with Crippen LogP contribution in [0.3, 0.4) is 0 Å². The van der Waals surface area contributed by atoms with Crippen LogP contribution >= 0.6 is 0 Å². The molecule has 0 saturated carbocycles. The van der Waals surface area contributed by atoms with Crippen molar-refractivity contribution >= 4 is 39.9 Å². The van der Waals surface area contributed by atoms with Gasteiger partial charge in [-0.05, 0) is 12.5 Å². The number of nitrogens with zero attached hydrogens (tertiary/aromatic N) is 4. The fourth-order valence-electron chi connectivity index (χ4n) is 4.30. The van der Waals surface area contributed by atoms with Gasteiger partial charge < -0.3 is 29.9 Å². The Morgan fingerprint density at radius 1 is 1.17 bits per heavy atom. The van der Waals surface area contributed by atoms with Gasteiger partial charge in [-0.3, -0.25) is 5.32 Å². The molecule has 3 heterocycles. The Morgan fingerprint density at radius 3 is 2.74 bits per heavy atom. The van der Waals surface area contributed by atoms with Crippen LogP contribution < -0.4 is 16.0 Å². The highest BCUT2D eigenvalue weighted by Gasteiger charge is 2.19. The predicted octanol–water partition coefficient (Wildman–Crippen LogP) is 2.65. The predicted molar refractivity (Wildman–Crippen MR) is 134 cm³/mol. The fourth-order valence-corrected chi connectivity index (χ4v) is 4.30. The number of fused-ring (bicyclic) bond motifs is 3. The molecule has 4 rings (SSSR count). The van der Waals surface area contributed by atoms with Gasteiger partial charge in [-0.15, -0.1) is 0 Å². The number of para-hydroxylation sites is 1. The van der Waals surface area contributed by atoms with E-state index in [1.807, 2.05) is 24.3 Å². The number of piperazine rings is 1. The van der Waals surface area contributed by atoms with Crippen LogP contribution in [0.1, 0.15) is 25.6 Å². The zero-order chi connectivity index (χ0) is 24.6. The fraction of sp³-hybridized carbons (Fsp3) is 0.500. The number of carboxylic acid groups (broad SMARTS) is 1. The Hall–Kier alpha value is -3.44. The Kier molecular flexibility index (Phi) is 8.32. The number of ether oxygens (including phenoxy) is 1. The number of carbonyl (C=O) groups is 2. The zero-order valence-electron chi connectivity index (χ0n) is 20.0. The molecule has 1 aromatic carbocycles. The van der Waals surface area contributed by atoms with Crippen molar-refractivity contribution < 1.29 is 19.4 Å². The molecule has 0 radical (unpaired) electrons. The first kappa shape index (κ1) is 24.7. The van der Waals surface area contributed by atoms with Crippen LogP contribution in [0.25, 0.3) is 21.9 Å². The molecule has 0 bridgehead atoms. The van der Waals surface area contributed by atoms with Gasteiger partial charge in [-0.1, -0.05) is 31.5 Å². The average molecular weight is 484 g/mol. The third kappa shape index (κ3) is 5.98. The molecule has 35 heavy (non-hydrogen) atoms. The van der Waals surface area contributed by atoms with Gasteiger partial charge in [0.25, 0.3) is 0 Å². The molecule has 11 heteroatoms. The number of anilines is 1. The highest BCUT2D eigenvalue weighted by Crippen LogP contribution is 2.30. The summed E-state index contributed by atoms with van der Waals surface area (Å²) in [5, 5.41) is 18.8. The summed E-state index contributed by atoms with van der Waals surface area (Å²) >= 11 is 0. The number of urea groups is 1. The molecule has 11 nitrogen and oxygen atoms in total. The summed E-state index contributed by atoms with van der Waals surface area (Å²) in [5.41, 5.74) is 2.09. The van der Waals surface area contributed by atoms with Crippen molar-refractivity contribution in [1.82, 2.24) is 30.1 Å². The summed E-state index contributed by atoms with van der Waals surface area (Å²) in [4.78, 5) is 34.7. The quantitative estimate of drug-likeness (QED) is 0.326. The molecule has 2 aromatic heterocycles. The van der Waals surface area contributed by atoms with Crippen LogP contribution in [0.4, 0.5) is 15.4 Å². The lowest BCUT2D eigenvalue weighted by molar-refractivity contribution is 0.126. The molecular weight excluding hydrogens is 450 g/mol. The van der Waals surface area contributed by atoms with Gasteiger partial charge >= 0.3 is 12.1 Å². The van der Waals surface area contributed by atoms with Crippen molar-refractivity contribution in [2.24, 2.45) is 0 Å². The van der Waals surface area contributed by atoms with Crippen molar-refractivity contribution in [3.8, 4) is 0 Å². The number of amides is 3. The number of benzene rings is 1. The molecule has 0 aliphatic carbocycles. The second kappa shape index (κ2) is 11.8. The van der Waals surface area contributed by atoms with Crippen molar-refractivity contribution in [2.45, 2.75) is 32.7 Å². The van der Waals surface area contributed by atoms with Crippen molar-refractivity contribution in [3.05, 3.63) is 30.1 Å². The SMILES string of the molecule is CCCCc1nc2c(NC(=O)O)nc3ccccc3c2n1CCOCCNC(=O)N1CCNCC1. The van der Waals surface area contributed by atoms with Crippen LogP contribution in [-0.2, 0) is 17.7 Å². The van der Waals surface area contributed by atoms with E-state index in [2.05, 4.69) is 32.4 Å². The molecule has 0 spiro atoms. The number of nitrogens with one attached hydrogen (secondary N) is 3. The van der Waals surface area contributed by atoms with Gasteiger partial charge in [0.15, 0.2) is 5.82 Å². The maximum atomic E-state index is 12.2. The summed E-state index contributed by atoms with van der Waals surface area (Å²) in [6.07, 6.45) is 1.58. The van der Waals surface area contributed by atoms with Crippen molar-refractivity contribution in [3.63, 3.8) is 0 Å². The molecule has 188 valence electrons. The summed E-state index contributed by atoms with van der Waals surface area (Å²) < 4.78 is 7.95. The minimum absolute atomic E-state index is 0.0602. The van der Waals surface area contributed by atoms with E-state index < -0.39 is 6.09 Å². The number of hydrogen-bond acceptors (Lipinski definition) is 6. The number of pyridine rings is 1. The number of aryl methyl sites for hydroxylation is 1. The molecule has 1 aliphatic rings. The van der Waals surface area contributed by atoms with Gasteiger partial charge in [-0.25, -0.2) is 19.6 Å². The third-order valence-corrected chi connectivity index (χ3v) is 6.03. The highest BCUT2D eigenvalue weighted by atomic mass is 16.5. The van der Waals surface area contributed by atoms with E-state index in [-0.39, 0.29) is 11.8 Å². The summed E-state index contributed by atoms with van der Waals surface area (Å²) in [5.74, 6) is 1.11. The molecule has 0 atom stereocenters. The van der Waals surface area contributed by atoms with E-state index in [4.69, 9.17) is 9.72 Å². The zero-order valence-corrected chi connectivity index (χ0v) is 20.0. The molecule has 3 aromatic rings. The summed E-state index contributed by atoms with van der Waals surface area (Å²) in [6.45, 7) is 7.02. The average Bonchev–Trinajstić information content (AvgIpc) is 3.24. The molecule has 0 unspecified atom stereocenters. The van der Waals surface area contributed by atoms with Gasteiger partial charge in [-0.2, -0.15) is 0 Å². The maximum absolute atomic E-state index is 12.2. The van der Waals surface area contributed by atoms with E-state index >= 15 is 0 Å². The first-order valence-corrected chi connectivity index (χ1v) is 12.2. The van der Waals surface area contributed by atoms with Crippen molar-refractivity contribution in [1.29, 1.82) is 0 Å². The Balaban J connectivity index is 1.48. The largest absolute Gasteiger partial charge is 0.465 e. The minimum atomic E-state index is -1.18. The second-order valence-corrected chi connectivity index (χ2v) is 8.47. The first-order valence-electron chi connectivity index (χ1n) is 12.2. The Morgan fingerprint density at radius 2 is 1.97 bits per heavy atom. The molecule has 4 N–H and O–H groups in total.